The van der Waals surface area contributed by atoms with Gasteiger partial charge in [0.1, 0.15) is 5.75 Å². The number of hydrogen-bond acceptors (Lipinski definition) is 4. The van der Waals surface area contributed by atoms with Crippen molar-refractivity contribution in [3.63, 3.8) is 0 Å². The molecule has 0 saturated heterocycles. The number of benzene rings is 1. The van der Waals surface area contributed by atoms with Crippen LogP contribution in [0.3, 0.4) is 0 Å². The van der Waals surface area contributed by atoms with Gasteiger partial charge in [-0.15, -0.1) is 0 Å². The molecule has 1 atom stereocenters. The first-order valence-corrected chi connectivity index (χ1v) is 6.48. The highest BCUT2D eigenvalue weighted by molar-refractivity contribution is 5.93. The van der Waals surface area contributed by atoms with Gasteiger partial charge in [0.2, 0.25) is 0 Å². The number of carboxylic acid groups (broad SMARTS) is 1. The molecule has 0 spiro atoms. The number of methoxy groups -OCH3 is 1. The molecule has 0 radical (unpaired) electrons. The number of rotatable bonds is 6. The maximum atomic E-state index is 11.9. The molecule has 2 amide bonds. The van der Waals surface area contributed by atoms with Crippen LogP contribution in [0.25, 0.3) is 0 Å². The van der Waals surface area contributed by atoms with Crippen molar-refractivity contribution in [2.24, 2.45) is 5.92 Å². The third-order valence-corrected chi connectivity index (χ3v) is 2.96. The Bertz CT molecular complexity index is 516. The molecule has 4 N–H and O–H groups in total. The van der Waals surface area contributed by atoms with E-state index < -0.39 is 12.0 Å². The van der Waals surface area contributed by atoms with Gasteiger partial charge in [0, 0.05) is 7.11 Å². The van der Waals surface area contributed by atoms with E-state index in [-0.39, 0.29) is 29.0 Å². The van der Waals surface area contributed by atoms with E-state index in [0.717, 1.165) is 6.07 Å². The van der Waals surface area contributed by atoms with Gasteiger partial charge in [-0.3, -0.25) is 0 Å². The molecule has 0 heterocycles. The first-order chi connectivity index (χ1) is 9.85. The molecule has 1 unspecified atom stereocenters. The third-order valence-electron chi connectivity index (χ3n) is 2.96. The summed E-state index contributed by atoms with van der Waals surface area (Å²) in [6.07, 6.45) is 0. The van der Waals surface area contributed by atoms with Gasteiger partial charge in [-0.05, 0) is 24.1 Å². The lowest BCUT2D eigenvalue weighted by Crippen LogP contribution is -2.43. The monoisotopic (exact) mass is 296 g/mol. The summed E-state index contributed by atoms with van der Waals surface area (Å²) in [5.41, 5.74) is 0.0790. The second-order valence-corrected chi connectivity index (χ2v) is 4.94. The standard InChI is InChI=1S/C14H20N2O5/c1-8(2)11(7-21-3)16-14(20)15-10-5-4-9(13(18)19)6-12(10)17/h4-6,8,11,17H,7H2,1-3H3,(H,18,19)(H2,15,16,20). The van der Waals surface area contributed by atoms with Gasteiger partial charge in [0.05, 0.1) is 23.9 Å². The van der Waals surface area contributed by atoms with Crippen LogP contribution in [0.2, 0.25) is 0 Å². The zero-order valence-electron chi connectivity index (χ0n) is 12.2. The van der Waals surface area contributed by atoms with Crippen molar-refractivity contribution in [3.05, 3.63) is 23.8 Å². The van der Waals surface area contributed by atoms with E-state index in [2.05, 4.69) is 10.6 Å². The molecule has 116 valence electrons. The number of carbonyl (C=O) groups excluding carboxylic acids is 1. The lowest BCUT2D eigenvalue weighted by Gasteiger charge is -2.21. The maximum absolute atomic E-state index is 11.9. The Balaban J connectivity index is 2.72. The number of anilines is 1. The topological polar surface area (TPSA) is 108 Å². The first-order valence-electron chi connectivity index (χ1n) is 6.48. The highest BCUT2D eigenvalue weighted by Crippen LogP contribution is 2.24. The summed E-state index contributed by atoms with van der Waals surface area (Å²) < 4.78 is 5.03. The fraction of sp³-hybridized carbons (Fsp3) is 0.429. The molecule has 1 rings (SSSR count). The molecule has 1 aromatic carbocycles. The van der Waals surface area contributed by atoms with Gasteiger partial charge in [0.25, 0.3) is 0 Å². The largest absolute Gasteiger partial charge is 0.506 e. The predicted molar refractivity (Wildman–Crippen MR) is 77.7 cm³/mol. The normalized spacial score (nSPS) is 12.0. The molecule has 0 fully saturated rings. The number of urea groups is 1. The lowest BCUT2D eigenvalue weighted by molar-refractivity contribution is 0.0696. The first kappa shape index (κ1) is 16.8. The number of carboxylic acids is 1. The van der Waals surface area contributed by atoms with Crippen LogP contribution in [-0.4, -0.2) is 42.0 Å². The number of hydrogen-bond donors (Lipinski definition) is 4. The zero-order chi connectivity index (χ0) is 16.0. The van der Waals surface area contributed by atoms with Gasteiger partial charge < -0.3 is 25.6 Å². The Morgan fingerprint density at radius 3 is 2.48 bits per heavy atom. The summed E-state index contributed by atoms with van der Waals surface area (Å²) in [6, 6.07) is 3.04. The van der Waals surface area contributed by atoms with Crippen LogP contribution in [0.15, 0.2) is 18.2 Å². The van der Waals surface area contributed by atoms with Crippen LogP contribution in [0.1, 0.15) is 24.2 Å². The molecular weight excluding hydrogens is 276 g/mol. The van der Waals surface area contributed by atoms with Crippen LogP contribution in [0.4, 0.5) is 10.5 Å². The quantitative estimate of drug-likeness (QED) is 0.599. The van der Waals surface area contributed by atoms with Crippen LogP contribution in [0, 0.1) is 5.92 Å². The van der Waals surface area contributed by atoms with Crippen LogP contribution in [0.5, 0.6) is 5.75 Å². The van der Waals surface area contributed by atoms with E-state index in [1.807, 2.05) is 13.8 Å². The molecule has 7 nitrogen and oxygen atoms in total. The van der Waals surface area contributed by atoms with E-state index in [0.29, 0.717) is 6.61 Å². The number of phenolic OH excluding ortho intramolecular Hbond substituents is 1. The number of phenols is 1. The highest BCUT2D eigenvalue weighted by atomic mass is 16.5. The predicted octanol–water partition coefficient (Wildman–Crippen LogP) is 1.88. The number of carbonyl (C=O) groups is 2. The summed E-state index contributed by atoms with van der Waals surface area (Å²) in [4.78, 5) is 22.6. The lowest BCUT2D eigenvalue weighted by atomic mass is 10.1. The highest BCUT2D eigenvalue weighted by Gasteiger charge is 2.17. The minimum absolute atomic E-state index is 0.0575. The molecule has 0 aromatic heterocycles. The van der Waals surface area contributed by atoms with Crippen molar-refractivity contribution < 1.29 is 24.5 Å². The number of aromatic carboxylic acids is 1. The Kier molecular flexibility index (Phi) is 5.98. The second kappa shape index (κ2) is 7.49. The number of ether oxygens (including phenoxy) is 1. The zero-order valence-corrected chi connectivity index (χ0v) is 12.2. The Labute approximate surface area is 122 Å². The van der Waals surface area contributed by atoms with Crippen molar-refractivity contribution in [2.45, 2.75) is 19.9 Å². The molecule has 7 heteroatoms. The molecule has 0 bridgehead atoms. The summed E-state index contributed by atoms with van der Waals surface area (Å²) in [7, 11) is 1.55. The van der Waals surface area contributed by atoms with Gasteiger partial charge in [0.15, 0.2) is 0 Å². The number of amides is 2. The smallest absolute Gasteiger partial charge is 0.335 e. The molecule has 0 aliphatic rings. The minimum Gasteiger partial charge on any atom is -0.506 e. The molecule has 1 aromatic rings. The molecular formula is C14H20N2O5. The molecule has 0 saturated carbocycles. The molecule has 21 heavy (non-hydrogen) atoms. The molecule has 0 aliphatic heterocycles. The SMILES string of the molecule is COCC(NC(=O)Nc1ccc(C(=O)O)cc1O)C(C)C. The van der Waals surface area contributed by atoms with Gasteiger partial charge in [-0.25, -0.2) is 9.59 Å². The van der Waals surface area contributed by atoms with Crippen LogP contribution in [-0.2, 0) is 4.74 Å². The second-order valence-electron chi connectivity index (χ2n) is 4.94. The van der Waals surface area contributed by atoms with Crippen molar-refractivity contribution in [3.8, 4) is 5.75 Å². The Morgan fingerprint density at radius 2 is 2.00 bits per heavy atom. The van der Waals surface area contributed by atoms with Crippen LogP contribution < -0.4 is 10.6 Å². The van der Waals surface area contributed by atoms with Crippen LogP contribution >= 0.6 is 0 Å². The van der Waals surface area contributed by atoms with E-state index >= 15 is 0 Å². The van der Waals surface area contributed by atoms with Gasteiger partial charge in [-0.2, -0.15) is 0 Å². The Hall–Kier alpha value is -2.28. The van der Waals surface area contributed by atoms with E-state index in [1.54, 1.807) is 7.11 Å². The van der Waals surface area contributed by atoms with Crippen molar-refractivity contribution in [2.75, 3.05) is 19.0 Å². The minimum atomic E-state index is -1.15. The van der Waals surface area contributed by atoms with Crippen molar-refractivity contribution in [1.82, 2.24) is 5.32 Å². The van der Waals surface area contributed by atoms with Gasteiger partial charge >= 0.3 is 12.0 Å². The van der Waals surface area contributed by atoms with E-state index in [4.69, 9.17) is 9.84 Å². The van der Waals surface area contributed by atoms with Crippen molar-refractivity contribution in [1.29, 1.82) is 0 Å². The fourth-order valence-corrected chi connectivity index (χ4v) is 1.68. The summed E-state index contributed by atoms with van der Waals surface area (Å²) >= 11 is 0. The third kappa shape index (κ3) is 4.96. The maximum Gasteiger partial charge on any atom is 0.335 e. The number of aromatic hydroxyl groups is 1. The number of nitrogens with one attached hydrogen (secondary N) is 2. The Morgan fingerprint density at radius 1 is 1.33 bits per heavy atom. The average Bonchev–Trinajstić information content (AvgIpc) is 2.40. The molecule has 0 aliphatic carbocycles. The summed E-state index contributed by atoms with van der Waals surface area (Å²) in [5, 5.41) is 23.7. The van der Waals surface area contributed by atoms with E-state index in [9.17, 15) is 14.7 Å². The average molecular weight is 296 g/mol. The summed E-state index contributed by atoms with van der Waals surface area (Å²) in [6.45, 7) is 4.27. The van der Waals surface area contributed by atoms with Crippen molar-refractivity contribution >= 4 is 17.7 Å². The summed E-state index contributed by atoms with van der Waals surface area (Å²) in [5.74, 6) is -1.28. The van der Waals surface area contributed by atoms with Gasteiger partial charge in [-0.1, -0.05) is 13.8 Å². The fourth-order valence-electron chi connectivity index (χ4n) is 1.68. The van der Waals surface area contributed by atoms with E-state index in [1.165, 1.54) is 12.1 Å².